The van der Waals surface area contributed by atoms with Gasteiger partial charge in [0.1, 0.15) is 12.2 Å². The first-order valence-electron chi connectivity index (χ1n) is 9.62. The topological polar surface area (TPSA) is 73.8 Å². The molecule has 0 atom stereocenters. The molecule has 0 aliphatic carbocycles. The van der Waals surface area contributed by atoms with Crippen LogP contribution in [0.1, 0.15) is 11.5 Å². The lowest BCUT2D eigenvalue weighted by atomic mass is 10.1. The van der Waals surface area contributed by atoms with Gasteiger partial charge in [0.05, 0.1) is 0 Å². The van der Waals surface area contributed by atoms with E-state index >= 15 is 0 Å². The molecule has 0 aliphatic rings. The van der Waals surface area contributed by atoms with Crippen LogP contribution in [0.25, 0.3) is 33.6 Å². The predicted molar refractivity (Wildman–Crippen MR) is 115 cm³/mol. The first-order valence-corrected chi connectivity index (χ1v) is 9.62. The quantitative estimate of drug-likeness (QED) is 0.450. The monoisotopic (exact) mass is 394 g/mol. The van der Waals surface area contributed by atoms with E-state index in [9.17, 15) is 4.79 Å². The lowest BCUT2D eigenvalue weighted by Crippen LogP contribution is -2.23. The van der Waals surface area contributed by atoms with E-state index in [2.05, 4.69) is 15.2 Å². The van der Waals surface area contributed by atoms with E-state index in [1.807, 2.05) is 79.7 Å². The fourth-order valence-electron chi connectivity index (χ4n) is 3.44. The van der Waals surface area contributed by atoms with Crippen LogP contribution in [-0.2, 0) is 6.54 Å². The fourth-order valence-corrected chi connectivity index (χ4v) is 3.44. The summed E-state index contributed by atoms with van der Waals surface area (Å²) in [4.78, 5) is 17.8. The second-order valence-corrected chi connectivity index (χ2v) is 7.10. The van der Waals surface area contributed by atoms with Crippen molar-refractivity contribution >= 4 is 11.0 Å². The Labute approximate surface area is 172 Å². The van der Waals surface area contributed by atoms with Crippen LogP contribution >= 0.6 is 0 Å². The lowest BCUT2D eigenvalue weighted by Gasteiger charge is -2.10. The van der Waals surface area contributed by atoms with Crippen molar-refractivity contribution in [3.05, 3.63) is 101 Å². The third kappa shape index (κ3) is 3.28. The molecule has 0 fully saturated rings. The molecule has 5 rings (SSSR count). The van der Waals surface area contributed by atoms with Crippen molar-refractivity contribution < 1.29 is 4.42 Å². The number of benzene rings is 2. The Bertz CT molecular complexity index is 1390. The van der Waals surface area contributed by atoms with Crippen molar-refractivity contribution in [1.82, 2.24) is 19.7 Å². The zero-order chi connectivity index (χ0) is 20.5. The van der Waals surface area contributed by atoms with Gasteiger partial charge < -0.3 is 4.42 Å². The number of hydrogen-bond acceptors (Lipinski definition) is 5. The van der Waals surface area contributed by atoms with Crippen LogP contribution in [0.3, 0.4) is 0 Å². The van der Waals surface area contributed by atoms with Crippen molar-refractivity contribution in [2.45, 2.75) is 13.5 Å². The van der Waals surface area contributed by atoms with Crippen molar-refractivity contribution in [2.24, 2.45) is 0 Å². The molecule has 0 unspecified atom stereocenters. The Balaban J connectivity index is 1.60. The normalized spacial score (nSPS) is 11.1. The minimum Gasteiger partial charge on any atom is -0.419 e. The Kier molecular flexibility index (Phi) is 4.44. The maximum Gasteiger partial charge on any atom is 0.260 e. The fraction of sp³-hybridized carbons (Fsp3) is 0.0833. The molecule has 30 heavy (non-hydrogen) atoms. The Morgan fingerprint density at radius 2 is 1.70 bits per heavy atom. The van der Waals surface area contributed by atoms with E-state index in [0.717, 1.165) is 22.1 Å². The molecule has 0 bridgehead atoms. The SMILES string of the molecule is Cc1ccc(-c2nnc(Cn3c(=O)c(-c4ccccc4)cc4cccnc43)o2)cc1. The lowest BCUT2D eigenvalue weighted by molar-refractivity contribution is 0.488. The van der Waals surface area contributed by atoms with Crippen molar-refractivity contribution in [2.75, 3.05) is 0 Å². The molecular weight excluding hydrogens is 376 g/mol. The summed E-state index contributed by atoms with van der Waals surface area (Å²) in [6.07, 6.45) is 1.67. The van der Waals surface area contributed by atoms with Gasteiger partial charge in [-0.15, -0.1) is 10.2 Å². The highest BCUT2D eigenvalue weighted by atomic mass is 16.4. The smallest absolute Gasteiger partial charge is 0.260 e. The standard InChI is InChI=1S/C24H18N4O2/c1-16-9-11-18(12-10-16)23-27-26-21(30-23)15-28-22-19(8-5-13-25-22)14-20(24(28)29)17-6-3-2-4-7-17/h2-14H,15H2,1H3. The van der Waals surface area contributed by atoms with E-state index in [-0.39, 0.29) is 12.1 Å². The second kappa shape index (κ2) is 7.40. The van der Waals surface area contributed by atoms with Crippen molar-refractivity contribution in [3.8, 4) is 22.6 Å². The summed E-state index contributed by atoms with van der Waals surface area (Å²) >= 11 is 0. The summed E-state index contributed by atoms with van der Waals surface area (Å²) in [7, 11) is 0. The minimum atomic E-state index is -0.150. The largest absolute Gasteiger partial charge is 0.419 e. The number of fused-ring (bicyclic) bond motifs is 1. The highest BCUT2D eigenvalue weighted by Gasteiger charge is 2.15. The van der Waals surface area contributed by atoms with Crippen LogP contribution in [0.2, 0.25) is 0 Å². The van der Waals surface area contributed by atoms with Crippen LogP contribution in [0.5, 0.6) is 0 Å². The minimum absolute atomic E-state index is 0.145. The third-order valence-corrected chi connectivity index (χ3v) is 4.99. The summed E-state index contributed by atoms with van der Waals surface area (Å²) in [6, 6.07) is 23.1. The van der Waals surface area contributed by atoms with Crippen LogP contribution in [0, 0.1) is 6.92 Å². The summed E-state index contributed by atoms with van der Waals surface area (Å²) in [6.45, 7) is 2.17. The van der Waals surface area contributed by atoms with E-state index in [1.54, 1.807) is 10.8 Å². The Morgan fingerprint density at radius 1 is 0.900 bits per heavy atom. The molecule has 6 nitrogen and oxygen atoms in total. The summed E-state index contributed by atoms with van der Waals surface area (Å²) in [5.74, 6) is 0.777. The average Bonchev–Trinajstić information content (AvgIpc) is 3.25. The number of aryl methyl sites for hydroxylation is 1. The third-order valence-electron chi connectivity index (χ3n) is 4.99. The highest BCUT2D eigenvalue weighted by Crippen LogP contribution is 2.22. The second-order valence-electron chi connectivity index (χ2n) is 7.10. The number of nitrogens with zero attached hydrogens (tertiary/aromatic N) is 4. The molecule has 3 heterocycles. The Morgan fingerprint density at radius 3 is 2.50 bits per heavy atom. The number of hydrogen-bond donors (Lipinski definition) is 0. The summed E-state index contributed by atoms with van der Waals surface area (Å²) < 4.78 is 7.44. The van der Waals surface area contributed by atoms with E-state index in [0.29, 0.717) is 23.0 Å². The first-order chi connectivity index (χ1) is 14.7. The first kappa shape index (κ1) is 18.0. The van der Waals surface area contributed by atoms with Crippen LogP contribution in [0.15, 0.2) is 88.2 Å². The molecule has 0 saturated heterocycles. The number of aromatic nitrogens is 4. The summed E-state index contributed by atoms with van der Waals surface area (Å²) in [5, 5.41) is 9.18. The molecule has 0 spiro atoms. The molecular formula is C24H18N4O2. The van der Waals surface area contributed by atoms with Crippen molar-refractivity contribution in [1.29, 1.82) is 0 Å². The molecule has 0 saturated carbocycles. The summed E-state index contributed by atoms with van der Waals surface area (Å²) in [5.41, 5.74) is 3.88. The van der Waals surface area contributed by atoms with Crippen LogP contribution in [-0.4, -0.2) is 19.7 Å². The maximum atomic E-state index is 13.3. The van der Waals surface area contributed by atoms with Gasteiger partial charge >= 0.3 is 0 Å². The molecule has 0 aliphatic heterocycles. The zero-order valence-electron chi connectivity index (χ0n) is 16.3. The molecule has 0 amide bonds. The molecule has 2 aromatic carbocycles. The van der Waals surface area contributed by atoms with Crippen LogP contribution in [0.4, 0.5) is 0 Å². The van der Waals surface area contributed by atoms with Gasteiger partial charge in [0.25, 0.3) is 5.56 Å². The highest BCUT2D eigenvalue weighted by molar-refractivity contribution is 5.81. The predicted octanol–water partition coefficient (Wildman–Crippen LogP) is 4.47. The van der Waals surface area contributed by atoms with Gasteiger partial charge in [-0.3, -0.25) is 9.36 Å². The maximum absolute atomic E-state index is 13.3. The zero-order valence-corrected chi connectivity index (χ0v) is 16.3. The Hall–Kier alpha value is -4.06. The van der Waals surface area contributed by atoms with Gasteiger partial charge in [-0.2, -0.15) is 0 Å². The molecule has 146 valence electrons. The van der Waals surface area contributed by atoms with Gasteiger partial charge in [-0.1, -0.05) is 48.0 Å². The van der Waals surface area contributed by atoms with Gasteiger partial charge in [0.15, 0.2) is 0 Å². The van der Waals surface area contributed by atoms with E-state index < -0.39 is 0 Å². The molecule has 3 aromatic heterocycles. The number of pyridine rings is 2. The average molecular weight is 394 g/mol. The van der Waals surface area contributed by atoms with E-state index in [1.165, 1.54) is 0 Å². The van der Waals surface area contributed by atoms with Gasteiger partial charge in [0, 0.05) is 22.7 Å². The van der Waals surface area contributed by atoms with Crippen LogP contribution < -0.4 is 5.56 Å². The molecule has 5 aromatic rings. The van der Waals surface area contributed by atoms with Gasteiger partial charge in [0.2, 0.25) is 11.8 Å². The van der Waals surface area contributed by atoms with Gasteiger partial charge in [-0.05, 0) is 42.8 Å². The molecule has 6 heteroatoms. The van der Waals surface area contributed by atoms with E-state index in [4.69, 9.17) is 4.42 Å². The van der Waals surface area contributed by atoms with Gasteiger partial charge in [-0.25, -0.2) is 4.98 Å². The molecule has 0 radical (unpaired) electrons. The number of rotatable bonds is 4. The van der Waals surface area contributed by atoms with Crippen molar-refractivity contribution in [3.63, 3.8) is 0 Å². The molecule has 0 N–H and O–H groups in total.